The number of rotatable bonds is 21. The van der Waals surface area contributed by atoms with Gasteiger partial charge in [-0.3, -0.25) is 19.2 Å². The molecule has 2 heterocycles. The van der Waals surface area contributed by atoms with E-state index in [-0.39, 0.29) is 62.3 Å². The highest BCUT2D eigenvalue weighted by atomic mass is 32.1. The van der Waals surface area contributed by atoms with Gasteiger partial charge in [0.1, 0.15) is 12.6 Å². The van der Waals surface area contributed by atoms with Gasteiger partial charge in [0.15, 0.2) is 0 Å². The molecule has 7 N–H and O–H groups in total. The Balaban J connectivity index is 1.16. The molecule has 0 radical (unpaired) electrons. The van der Waals surface area contributed by atoms with Gasteiger partial charge in [0.05, 0.1) is 34.9 Å². The number of amides is 4. The van der Waals surface area contributed by atoms with E-state index in [4.69, 9.17) is 20.9 Å². The molecule has 4 rings (SSSR count). The van der Waals surface area contributed by atoms with Gasteiger partial charge in [-0.05, 0) is 73.6 Å². The van der Waals surface area contributed by atoms with Crippen LogP contribution in [-0.4, -0.2) is 88.7 Å². The molecule has 5 atom stereocenters. The second-order valence-corrected chi connectivity index (χ2v) is 16.7. The molecule has 1 aliphatic heterocycles. The van der Waals surface area contributed by atoms with Crippen molar-refractivity contribution in [2.75, 3.05) is 19.8 Å². The summed E-state index contributed by atoms with van der Waals surface area (Å²) in [7, 11) is 0. The highest BCUT2D eigenvalue weighted by Crippen LogP contribution is 2.29. The first-order valence-corrected chi connectivity index (χ1v) is 20.3. The van der Waals surface area contributed by atoms with E-state index >= 15 is 0 Å². The predicted octanol–water partition coefficient (Wildman–Crippen LogP) is 4.15. The first kappa shape index (κ1) is 44.5. The Morgan fingerprint density at radius 2 is 1.70 bits per heavy atom. The first-order valence-electron chi connectivity index (χ1n) is 19.5. The van der Waals surface area contributed by atoms with Crippen LogP contribution >= 0.6 is 11.3 Å². The molecule has 14 heteroatoms. The predicted molar refractivity (Wildman–Crippen MR) is 217 cm³/mol. The molecule has 0 bridgehead atoms. The lowest BCUT2D eigenvalue weighted by Gasteiger charge is -2.35. The van der Waals surface area contributed by atoms with Crippen LogP contribution in [0.4, 0.5) is 0 Å². The Morgan fingerprint density at radius 3 is 2.34 bits per heavy atom. The van der Waals surface area contributed by atoms with Crippen molar-refractivity contribution in [1.29, 1.82) is 0 Å². The summed E-state index contributed by atoms with van der Waals surface area (Å²) < 4.78 is 11.5. The van der Waals surface area contributed by atoms with E-state index in [9.17, 15) is 24.3 Å². The van der Waals surface area contributed by atoms with E-state index < -0.39 is 29.5 Å². The van der Waals surface area contributed by atoms with Crippen LogP contribution in [0.1, 0.15) is 88.6 Å². The largest absolute Gasteiger partial charge is 0.391 e. The number of aromatic nitrogens is 1. The van der Waals surface area contributed by atoms with Crippen LogP contribution in [0.5, 0.6) is 0 Å². The number of nitrogens with two attached hydrogens (primary N) is 2. The SMILES string of the molecule is Cc1ncsc1-c1ccc(CNC(=O)C[C@@H]2C[C@H](O)CN2C(=O)[C@@H](NC(=O)COCCCCc2ccc(CO[C@H](C)[C@@H](N)CCC(N)=O)cc2)C(C)(C)C)cc1. The lowest BCUT2D eigenvalue weighted by atomic mass is 9.85. The van der Waals surface area contributed by atoms with E-state index in [2.05, 4.69) is 27.8 Å². The summed E-state index contributed by atoms with van der Waals surface area (Å²) in [6.07, 6.45) is 2.58. The number of hydrogen-bond donors (Lipinski definition) is 5. The molecular weight excluding hydrogens is 733 g/mol. The second-order valence-electron chi connectivity index (χ2n) is 15.9. The Bertz CT molecular complexity index is 1730. The summed E-state index contributed by atoms with van der Waals surface area (Å²) in [5.74, 6) is -1.32. The number of β-amino-alcohol motifs (C(OH)–C–C–N with tert-alkyl or cyclic N) is 1. The molecule has 1 aromatic heterocycles. The van der Waals surface area contributed by atoms with Crippen molar-refractivity contribution in [3.8, 4) is 10.4 Å². The number of aliphatic hydroxyl groups is 1. The molecule has 1 saturated heterocycles. The van der Waals surface area contributed by atoms with Gasteiger partial charge in [0.25, 0.3) is 0 Å². The Labute approximate surface area is 334 Å². The van der Waals surface area contributed by atoms with E-state index in [1.54, 1.807) is 11.3 Å². The maximum Gasteiger partial charge on any atom is 0.246 e. The van der Waals surface area contributed by atoms with Crippen LogP contribution in [0, 0.1) is 12.3 Å². The van der Waals surface area contributed by atoms with E-state index in [1.165, 1.54) is 10.5 Å². The number of aryl methyl sites for hydroxylation is 2. The maximum absolute atomic E-state index is 13.9. The van der Waals surface area contributed by atoms with Crippen molar-refractivity contribution in [3.63, 3.8) is 0 Å². The van der Waals surface area contributed by atoms with Crippen molar-refractivity contribution >= 4 is 35.0 Å². The molecular formula is C42H60N6O7S. The van der Waals surface area contributed by atoms with Crippen LogP contribution in [0.3, 0.4) is 0 Å². The number of carbonyl (C=O) groups is 4. The molecule has 0 spiro atoms. The number of carbonyl (C=O) groups excluding carboxylic acids is 4. The number of nitrogens with zero attached hydrogens (tertiary/aromatic N) is 2. The quantitative estimate of drug-likeness (QED) is 0.0984. The van der Waals surface area contributed by atoms with Crippen LogP contribution in [0.2, 0.25) is 0 Å². The fraction of sp³-hybridized carbons (Fsp3) is 0.548. The third kappa shape index (κ3) is 14.1. The highest BCUT2D eigenvalue weighted by molar-refractivity contribution is 7.13. The fourth-order valence-corrected chi connectivity index (χ4v) is 7.42. The Hall–Kier alpha value is -4.21. The molecule has 0 aliphatic carbocycles. The standard InChI is InChI=1S/C42H60N6O7S/c1-27-39(56-26-46-27)32-15-13-30(14-16-32)22-45-37(51)21-33-20-34(49)23-48(33)41(53)40(42(3,4)5)47-38(52)25-54-19-7-6-8-29-9-11-31(12-10-29)24-55-28(2)35(43)17-18-36(44)50/h9-16,26,28,33-35,40,49H,6-8,17-25,43H2,1-5H3,(H2,44,50)(H,45,51)(H,47,52)/t28-,33+,34+,35+,40-/m1/s1. The molecule has 2 aromatic carbocycles. The highest BCUT2D eigenvalue weighted by Gasteiger charge is 2.42. The van der Waals surface area contributed by atoms with Gasteiger partial charge in [0.2, 0.25) is 23.6 Å². The lowest BCUT2D eigenvalue weighted by molar-refractivity contribution is -0.142. The van der Waals surface area contributed by atoms with Gasteiger partial charge in [-0.1, -0.05) is 69.3 Å². The minimum atomic E-state index is -0.870. The molecule has 1 fully saturated rings. The summed E-state index contributed by atoms with van der Waals surface area (Å²) in [6, 6.07) is 14.5. The van der Waals surface area contributed by atoms with Gasteiger partial charge < -0.3 is 41.6 Å². The smallest absolute Gasteiger partial charge is 0.246 e. The fourth-order valence-electron chi connectivity index (χ4n) is 6.61. The summed E-state index contributed by atoms with van der Waals surface area (Å²) >= 11 is 1.59. The number of ether oxygens (including phenoxy) is 2. The van der Waals surface area contributed by atoms with Gasteiger partial charge in [0, 0.05) is 44.6 Å². The van der Waals surface area contributed by atoms with Crippen molar-refractivity contribution in [1.82, 2.24) is 20.5 Å². The van der Waals surface area contributed by atoms with E-state index in [0.29, 0.717) is 26.2 Å². The van der Waals surface area contributed by atoms with Gasteiger partial charge in [-0.15, -0.1) is 11.3 Å². The monoisotopic (exact) mass is 792 g/mol. The number of benzene rings is 2. The van der Waals surface area contributed by atoms with Crippen LogP contribution < -0.4 is 22.1 Å². The second kappa shape index (κ2) is 21.4. The average molecular weight is 793 g/mol. The summed E-state index contributed by atoms with van der Waals surface area (Å²) in [6.45, 7) is 10.6. The van der Waals surface area contributed by atoms with Crippen LogP contribution in [-0.2, 0) is 48.2 Å². The summed E-state index contributed by atoms with van der Waals surface area (Å²) in [5, 5.41) is 16.3. The van der Waals surface area contributed by atoms with E-state index in [1.807, 2.05) is 76.5 Å². The average Bonchev–Trinajstić information content (AvgIpc) is 3.76. The topological polar surface area (TPSA) is 199 Å². The van der Waals surface area contributed by atoms with Gasteiger partial charge in [-0.2, -0.15) is 0 Å². The molecule has 56 heavy (non-hydrogen) atoms. The van der Waals surface area contributed by atoms with Gasteiger partial charge >= 0.3 is 0 Å². The minimum Gasteiger partial charge on any atom is -0.391 e. The normalized spacial score (nSPS) is 17.3. The third-order valence-electron chi connectivity index (χ3n) is 10.1. The molecule has 306 valence electrons. The number of hydrogen-bond acceptors (Lipinski definition) is 10. The maximum atomic E-state index is 13.9. The number of thiazole rings is 1. The minimum absolute atomic E-state index is 0.0443. The zero-order valence-electron chi connectivity index (χ0n) is 33.4. The number of unbranched alkanes of at least 4 members (excludes halogenated alkanes) is 1. The molecule has 1 aliphatic rings. The zero-order chi connectivity index (χ0) is 40.8. The zero-order valence-corrected chi connectivity index (χ0v) is 34.2. The molecule has 13 nitrogen and oxygen atoms in total. The first-order chi connectivity index (χ1) is 26.6. The van der Waals surface area contributed by atoms with Crippen LogP contribution in [0.15, 0.2) is 54.0 Å². The Kier molecular flexibility index (Phi) is 17.0. The molecule has 0 unspecified atom stereocenters. The van der Waals surface area contributed by atoms with Crippen molar-refractivity contribution in [2.45, 2.75) is 123 Å². The number of aliphatic hydroxyl groups excluding tert-OH is 1. The number of primary amides is 1. The van der Waals surface area contributed by atoms with Crippen molar-refractivity contribution in [2.24, 2.45) is 16.9 Å². The third-order valence-corrected chi connectivity index (χ3v) is 11.0. The molecule has 0 saturated carbocycles. The number of likely N-dealkylation sites (tertiary alicyclic amines) is 1. The summed E-state index contributed by atoms with van der Waals surface area (Å²) in [5.41, 5.74) is 17.7. The summed E-state index contributed by atoms with van der Waals surface area (Å²) in [4.78, 5) is 57.9. The van der Waals surface area contributed by atoms with Gasteiger partial charge in [-0.25, -0.2) is 4.98 Å². The van der Waals surface area contributed by atoms with E-state index in [0.717, 1.165) is 46.5 Å². The molecule has 3 aromatic rings. The molecule has 4 amide bonds. The lowest BCUT2D eigenvalue weighted by Crippen LogP contribution is -2.56. The Morgan fingerprint density at radius 1 is 1.02 bits per heavy atom. The number of nitrogens with one attached hydrogen (secondary N) is 2. The van der Waals surface area contributed by atoms with Crippen LogP contribution in [0.25, 0.3) is 10.4 Å². The van der Waals surface area contributed by atoms with Crippen molar-refractivity contribution < 1.29 is 33.8 Å². The van der Waals surface area contributed by atoms with Crippen molar-refractivity contribution in [3.05, 3.63) is 76.4 Å².